The number of benzene rings is 2. The zero-order chi connectivity index (χ0) is 23.8. The largest absolute Gasteiger partial charge is 0.492 e. The van der Waals surface area contributed by atoms with Crippen LogP contribution in [0.1, 0.15) is 17.8 Å². The fourth-order valence-electron chi connectivity index (χ4n) is 2.97. The highest BCUT2D eigenvalue weighted by molar-refractivity contribution is 7.99. The number of hydrogen-bond donors (Lipinski definition) is 1. The minimum absolute atomic E-state index is 0.145. The highest BCUT2D eigenvalue weighted by atomic mass is 35.5. The van der Waals surface area contributed by atoms with Crippen molar-refractivity contribution in [3.8, 4) is 5.75 Å². The quantitative estimate of drug-likeness (QED) is 0.176. The van der Waals surface area contributed by atoms with E-state index in [9.17, 15) is 4.79 Å². The van der Waals surface area contributed by atoms with Crippen LogP contribution >= 0.6 is 46.6 Å². The number of carbonyl (C=O) groups excluding carboxylic acids is 1. The van der Waals surface area contributed by atoms with Gasteiger partial charge in [-0.2, -0.15) is 0 Å². The van der Waals surface area contributed by atoms with Crippen LogP contribution in [0, 0.1) is 6.92 Å². The second-order valence-electron chi connectivity index (χ2n) is 7.12. The summed E-state index contributed by atoms with van der Waals surface area (Å²) in [4.78, 5) is 12.4. The van der Waals surface area contributed by atoms with Gasteiger partial charge in [0.25, 0.3) is 0 Å². The Bertz CT molecular complexity index is 1140. The van der Waals surface area contributed by atoms with Gasteiger partial charge in [-0.15, -0.1) is 16.8 Å². The van der Waals surface area contributed by atoms with Crippen molar-refractivity contribution in [1.29, 1.82) is 0 Å². The van der Waals surface area contributed by atoms with Gasteiger partial charge in [0, 0.05) is 28.7 Å². The number of nitrogens with one attached hydrogen (secondary N) is 1. The topological polar surface area (TPSA) is 69.0 Å². The van der Waals surface area contributed by atoms with E-state index >= 15 is 0 Å². The lowest BCUT2D eigenvalue weighted by atomic mass is 10.2. The number of thioether (sulfide) groups is 1. The van der Waals surface area contributed by atoms with Crippen LogP contribution in [0.25, 0.3) is 0 Å². The van der Waals surface area contributed by atoms with E-state index in [1.807, 2.05) is 17.6 Å². The molecule has 0 aliphatic rings. The molecule has 0 atom stereocenters. The number of aryl methyl sites for hydroxylation is 2. The molecule has 3 aromatic rings. The van der Waals surface area contributed by atoms with E-state index in [0.717, 1.165) is 11.4 Å². The molecule has 6 nitrogen and oxygen atoms in total. The van der Waals surface area contributed by atoms with Crippen molar-refractivity contribution in [3.05, 3.63) is 75.5 Å². The second kappa shape index (κ2) is 12.3. The summed E-state index contributed by atoms with van der Waals surface area (Å²) in [7, 11) is 0. The van der Waals surface area contributed by atoms with Crippen molar-refractivity contribution in [2.45, 2.75) is 31.5 Å². The molecule has 0 radical (unpaired) electrons. The summed E-state index contributed by atoms with van der Waals surface area (Å²) in [5.74, 6) is 1.44. The summed E-state index contributed by atoms with van der Waals surface area (Å²) < 4.78 is 7.69. The van der Waals surface area contributed by atoms with Gasteiger partial charge >= 0.3 is 0 Å². The summed E-state index contributed by atoms with van der Waals surface area (Å²) in [6.45, 7) is 6.74. The summed E-state index contributed by atoms with van der Waals surface area (Å²) in [5, 5.41) is 13.7. The molecule has 0 saturated carbocycles. The van der Waals surface area contributed by atoms with Crippen molar-refractivity contribution in [2.75, 3.05) is 17.7 Å². The molecule has 0 spiro atoms. The van der Waals surface area contributed by atoms with Crippen LogP contribution < -0.4 is 10.1 Å². The minimum atomic E-state index is -0.145. The van der Waals surface area contributed by atoms with E-state index in [2.05, 4.69) is 22.1 Å². The number of rotatable bonds is 11. The van der Waals surface area contributed by atoms with Gasteiger partial charge in [-0.3, -0.25) is 4.79 Å². The monoisotopic (exact) mass is 524 g/mol. The molecule has 0 aliphatic carbocycles. The molecule has 0 fully saturated rings. The van der Waals surface area contributed by atoms with Crippen molar-refractivity contribution in [1.82, 2.24) is 14.8 Å². The van der Waals surface area contributed by atoms with Gasteiger partial charge < -0.3 is 14.6 Å². The third kappa shape index (κ3) is 7.40. The number of amides is 1. The summed E-state index contributed by atoms with van der Waals surface area (Å²) in [6.07, 6.45) is 3.14. The van der Waals surface area contributed by atoms with Crippen LogP contribution in [0.3, 0.4) is 0 Å². The number of anilines is 1. The van der Waals surface area contributed by atoms with Crippen LogP contribution in [0.2, 0.25) is 15.1 Å². The van der Waals surface area contributed by atoms with E-state index in [4.69, 9.17) is 39.5 Å². The maximum atomic E-state index is 12.4. The smallest absolute Gasteiger partial charge is 0.234 e. The molecule has 0 bridgehead atoms. The first-order chi connectivity index (χ1) is 15.9. The third-order valence-electron chi connectivity index (χ3n) is 4.61. The molecule has 1 aromatic heterocycles. The fraction of sp³-hybridized carbons (Fsp3) is 0.261. The Morgan fingerprint density at radius 1 is 1.18 bits per heavy atom. The van der Waals surface area contributed by atoms with Crippen molar-refractivity contribution in [2.24, 2.45) is 0 Å². The molecule has 1 amide bonds. The van der Waals surface area contributed by atoms with Gasteiger partial charge in [0.2, 0.25) is 5.91 Å². The van der Waals surface area contributed by atoms with Gasteiger partial charge in [-0.05, 0) is 49.2 Å². The van der Waals surface area contributed by atoms with E-state index < -0.39 is 0 Å². The molecule has 10 heteroatoms. The van der Waals surface area contributed by atoms with Crippen molar-refractivity contribution >= 4 is 58.2 Å². The van der Waals surface area contributed by atoms with Crippen molar-refractivity contribution < 1.29 is 9.53 Å². The Morgan fingerprint density at radius 2 is 1.94 bits per heavy atom. The zero-order valence-electron chi connectivity index (χ0n) is 18.0. The minimum Gasteiger partial charge on any atom is -0.492 e. The Balaban J connectivity index is 1.54. The molecular formula is C23H23Cl3N4O2S. The second-order valence-corrected chi connectivity index (χ2v) is 9.34. The normalized spacial score (nSPS) is 10.8. The third-order valence-corrected chi connectivity index (χ3v) is 6.34. The Kier molecular flexibility index (Phi) is 9.50. The molecule has 1 N–H and O–H groups in total. The number of aromatic nitrogens is 3. The summed E-state index contributed by atoms with van der Waals surface area (Å²) in [5.41, 5.74) is 1.64. The van der Waals surface area contributed by atoms with Crippen LogP contribution in [-0.4, -0.2) is 33.0 Å². The average molecular weight is 526 g/mol. The van der Waals surface area contributed by atoms with Crippen LogP contribution in [-0.2, 0) is 17.8 Å². The molecular weight excluding hydrogens is 503 g/mol. The fourth-order valence-corrected chi connectivity index (χ4v) is 4.37. The van der Waals surface area contributed by atoms with Gasteiger partial charge in [0.15, 0.2) is 5.16 Å². The molecule has 0 saturated heterocycles. The van der Waals surface area contributed by atoms with Gasteiger partial charge in [0.05, 0.1) is 17.4 Å². The Morgan fingerprint density at radius 3 is 2.70 bits per heavy atom. The first-order valence-electron chi connectivity index (χ1n) is 10.2. The van der Waals surface area contributed by atoms with E-state index in [-0.39, 0.29) is 11.7 Å². The van der Waals surface area contributed by atoms with Gasteiger partial charge in [0.1, 0.15) is 11.6 Å². The number of nitrogens with zero attached hydrogens (tertiary/aromatic N) is 3. The predicted molar refractivity (Wildman–Crippen MR) is 136 cm³/mol. The lowest BCUT2D eigenvalue weighted by Gasteiger charge is -2.10. The van der Waals surface area contributed by atoms with E-state index in [1.54, 1.807) is 36.4 Å². The maximum absolute atomic E-state index is 12.4. The first-order valence-corrected chi connectivity index (χ1v) is 12.3. The van der Waals surface area contributed by atoms with Gasteiger partial charge in [-0.25, -0.2) is 0 Å². The molecule has 0 unspecified atom stereocenters. The zero-order valence-corrected chi connectivity index (χ0v) is 21.1. The highest BCUT2D eigenvalue weighted by Gasteiger charge is 2.14. The Labute approximate surface area is 212 Å². The summed E-state index contributed by atoms with van der Waals surface area (Å²) in [6, 6.07) is 10.5. The molecule has 1 heterocycles. The average Bonchev–Trinajstić information content (AvgIpc) is 3.15. The summed E-state index contributed by atoms with van der Waals surface area (Å²) >= 11 is 19.4. The van der Waals surface area contributed by atoms with Crippen molar-refractivity contribution in [3.63, 3.8) is 0 Å². The number of carbonyl (C=O) groups is 1. The number of hydrogen-bond acceptors (Lipinski definition) is 5. The molecule has 0 aliphatic heterocycles. The van der Waals surface area contributed by atoms with Gasteiger partial charge in [-0.1, -0.05) is 58.7 Å². The van der Waals surface area contributed by atoms with E-state index in [0.29, 0.717) is 57.7 Å². The highest BCUT2D eigenvalue weighted by Crippen LogP contribution is 2.28. The molecule has 174 valence electrons. The standard InChI is InChI=1S/C23H23Cl3N4O2S/c1-3-10-30-21(5-4-11-32-20-9-8-16(24)12-18(20)26)28-29-23(30)33-14-22(31)27-19-13-17(25)7-6-15(19)2/h3,6-9,12-13H,1,4-5,10-11,14H2,2H3,(H,27,31). The molecule has 3 rings (SSSR count). The lowest BCUT2D eigenvalue weighted by Crippen LogP contribution is -2.15. The number of allylic oxidation sites excluding steroid dienone is 1. The Hall–Kier alpha value is -2.19. The maximum Gasteiger partial charge on any atom is 0.234 e. The number of ether oxygens (including phenoxy) is 1. The lowest BCUT2D eigenvalue weighted by molar-refractivity contribution is -0.113. The molecule has 33 heavy (non-hydrogen) atoms. The van der Waals surface area contributed by atoms with E-state index in [1.165, 1.54) is 11.8 Å². The molecule has 2 aromatic carbocycles. The SMILES string of the molecule is C=CCn1c(CCCOc2ccc(Cl)cc2Cl)nnc1SCC(=O)Nc1cc(Cl)ccc1C. The first kappa shape index (κ1) is 25.4. The number of halogens is 3. The van der Waals surface area contributed by atoms with Crippen LogP contribution in [0.5, 0.6) is 5.75 Å². The van der Waals surface area contributed by atoms with Crippen LogP contribution in [0.4, 0.5) is 5.69 Å². The predicted octanol–water partition coefficient (Wildman–Crippen LogP) is 6.48. The van der Waals surface area contributed by atoms with Crippen LogP contribution in [0.15, 0.2) is 54.2 Å².